The van der Waals surface area contributed by atoms with Crippen molar-refractivity contribution < 1.29 is 19.1 Å². The Labute approximate surface area is 151 Å². The average molecular weight is 351 g/mol. The van der Waals surface area contributed by atoms with Crippen LogP contribution in [0.4, 0.5) is 0 Å². The summed E-state index contributed by atoms with van der Waals surface area (Å²) in [5, 5.41) is 0.812. The molecule has 0 aliphatic carbocycles. The van der Waals surface area contributed by atoms with Crippen LogP contribution in [-0.2, 0) is 9.53 Å². The zero-order valence-electron chi connectivity index (χ0n) is 15.0. The van der Waals surface area contributed by atoms with E-state index in [0.717, 1.165) is 22.0 Å². The van der Waals surface area contributed by atoms with E-state index in [-0.39, 0.29) is 12.4 Å². The largest absolute Gasteiger partial charge is 0.482 e. The summed E-state index contributed by atoms with van der Waals surface area (Å²) in [6, 6.07) is 13.2. The number of aryl methyl sites for hydroxylation is 2. The van der Waals surface area contributed by atoms with E-state index in [1.54, 1.807) is 13.1 Å². The van der Waals surface area contributed by atoms with Crippen molar-refractivity contribution in [3.05, 3.63) is 65.4 Å². The normalized spacial score (nSPS) is 12.0. The van der Waals surface area contributed by atoms with Crippen molar-refractivity contribution in [3.8, 4) is 5.75 Å². The SMILES string of the molecule is Cc1ccc(OCC(=O)O[C@H](C)C(=O)c2c[nH]c3ccccc23)c(C)c1. The van der Waals surface area contributed by atoms with Crippen molar-refractivity contribution in [1.29, 1.82) is 0 Å². The number of hydrogen-bond acceptors (Lipinski definition) is 4. The fourth-order valence-corrected chi connectivity index (χ4v) is 2.88. The lowest BCUT2D eigenvalue weighted by atomic mass is 10.1. The number of nitrogens with one attached hydrogen (secondary N) is 1. The van der Waals surface area contributed by atoms with E-state index in [0.29, 0.717) is 11.3 Å². The van der Waals surface area contributed by atoms with Crippen molar-refractivity contribution in [3.63, 3.8) is 0 Å². The number of hydrogen-bond donors (Lipinski definition) is 1. The van der Waals surface area contributed by atoms with Crippen LogP contribution in [0.15, 0.2) is 48.7 Å². The van der Waals surface area contributed by atoms with Crippen molar-refractivity contribution in [2.45, 2.75) is 26.9 Å². The molecule has 0 fully saturated rings. The van der Waals surface area contributed by atoms with Gasteiger partial charge in [-0.1, -0.05) is 35.9 Å². The van der Waals surface area contributed by atoms with Crippen LogP contribution in [-0.4, -0.2) is 29.4 Å². The van der Waals surface area contributed by atoms with Gasteiger partial charge in [-0.15, -0.1) is 0 Å². The van der Waals surface area contributed by atoms with Crippen LogP contribution >= 0.6 is 0 Å². The number of aromatic amines is 1. The highest BCUT2D eigenvalue weighted by atomic mass is 16.6. The monoisotopic (exact) mass is 351 g/mol. The summed E-state index contributed by atoms with van der Waals surface area (Å²) in [6.45, 7) is 5.23. The summed E-state index contributed by atoms with van der Waals surface area (Å²) in [6.07, 6.45) is 0.758. The number of carbonyl (C=O) groups is 2. The maximum atomic E-state index is 12.6. The van der Waals surface area contributed by atoms with Crippen LogP contribution in [0, 0.1) is 13.8 Å². The van der Waals surface area contributed by atoms with E-state index in [1.165, 1.54) is 0 Å². The maximum absolute atomic E-state index is 12.6. The Bertz CT molecular complexity index is 958. The summed E-state index contributed by atoms with van der Waals surface area (Å²) in [7, 11) is 0. The zero-order valence-corrected chi connectivity index (χ0v) is 15.0. The number of esters is 1. The molecule has 134 valence electrons. The van der Waals surface area contributed by atoms with Crippen LogP contribution in [0.1, 0.15) is 28.4 Å². The Kier molecular flexibility index (Phi) is 5.07. The van der Waals surface area contributed by atoms with E-state index in [4.69, 9.17) is 9.47 Å². The minimum atomic E-state index is -0.885. The molecule has 0 unspecified atom stereocenters. The first-order valence-electron chi connectivity index (χ1n) is 8.45. The highest BCUT2D eigenvalue weighted by Gasteiger charge is 2.22. The van der Waals surface area contributed by atoms with Gasteiger partial charge in [-0.2, -0.15) is 0 Å². The lowest BCUT2D eigenvalue weighted by Crippen LogP contribution is -2.27. The number of aromatic nitrogens is 1. The van der Waals surface area contributed by atoms with Gasteiger partial charge in [0.1, 0.15) is 5.75 Å². The molecule has 5 heteroatoms. The van der Waals surface area contributed by atoms with Gasteiger partial charge in [-0.05, 0) is 38.5 Å². The number of para-hydroxylation sites is 1. The summed E-state index contributed by atoms with van der Waals surface area (Å²) in [4.78, 5) is 27.7. The molecule has 0 amide bonds. The fourth-order valence-electron chi connectivity index (χ4n) is 2.88. The quantitative estimate of drug-likeness (QED) is 0.539. The zero-order chi connectivity index (χ0) is 18.7. The number of benzene rings is 2. The molecule has 0 saturated carbocycles. The first-order valence-corrected chi connectivity index (χ1v) is 8.45. The van der Waals surface area contributed by atoms with Gasteiger partial charge in [0.2, 0.25) is 5.78 Å². The molecule has 1 N–H and O–H groups in total. The van der Waals surface area contributed by atoms with Gasteiger partial charge in [-0.3, -0.25) is 4.79 Å². The average Bonchev–Trinajstić information content (AvgIpc) is 3.04. The molecule has 0 saturated heterocycles. The Morgan fingerprint density at radius 3 is 2.65 bits per heavy atom. The molecule has 1 heterocycles. The number of carbonyl (C=O) groups excluding carboxylic acids is 2. The van der Waals surface area contributed by atoms with E-state index in [1.807, 2.05) is 56.3 Å². The standard InChI is InChI=1S/C21H21NO4/c1-13-8-9-19(14(2)10-13)25-12-20(23)26-15(3)21(24)17-11-22-18-7-5-4-6-16(17)18/h4-11,15,22H,12H2,1-3H3/t15-/m1/s1. The number of ketones is 1. The third-order valence-corrected chi connectivity index (χ3v) is 4.21. The first-order chi connectivity index (χ1) is 12.5. The predicted octanol–water partition coefficient (Wildman–Crippen LogP) is 3.98. The minimum Gasteiger partial charge on any atom is -0.482 e. The molecule has 0 aliphatic heterocycles. The van der Waals surface area contributed by atoms with Gasteiger partial charge in [-0.25, -0.2) is 4.79 Å². The van der Waals surface area contributed by atoms with Gasteiger partial charge in [0, 0.05) is 22.7 Å². The summed E-state index contributed by atoms with van der Waals surface area (Å²) < 4.78 is 10.7. The molecule has 2 aromatic carbocycles. The highest BCUT2D eigenvalue weighted by molar-refractivity contribution is 6.10. The Morgan fingerprint density at radius 1 is 1.12 bits per heavy atom. The number of fused-ring (bicyclic) bond motifs is 1. The highest BCUT2D eigenvalue weighted by Crippen LogP contribution is 2.21. The molecule has 1 atom stereocenters. The Morgan fingerprint density at radius 2 is 1.88 bits per heavy atom. The third kappa shape index (κ3) is 3.77. The minimum absolute atomic E-state index is 0.241. The number of rotatable bonds is 6. The number of Topliss-reactive ketones (excluding diaryl/α,β-unsaturated/α-hetero) is 1. The van der Waals surface area contributed by atoms with Crippen LogP contribution in [0.3, 0.4) is 0 Å². The Hall–Kier alpha value is -3.08. The molecule has 0 bridgehead atoms. The van der Waals surface area contributed by atoms with Gasteiger partial charge < -0.3 is 14.5 Å². The summed E-state index contributed by atoms with van der Waals surface area (Å²) in [5.74, 6) is -0.198. The molecule has 26 heavy (non-hydrogen) atoms. The second-order valence-electron chi connectivity index (χ2n) is 6.30. The van der Waals surface area contributed by atoms with E-state index < -0.39 is 12.1 Å². The van der Waals surface area contributed by atoms with E-state index in [9.17, 15) is 9.59 Å². The second kappa shape index (κ2) is 7.44. The molecular formula is C21H21NO4. The molecule has 1 aromatic heterocycles. The summed E-state index contributed by atoms with van der Waals surface area (Å²) >= 11 is 0. The van der Waals surface area contributed by atoms with Gasteiger partial charge >= 0.3 is 5.97 Å². The molecule has 3 aromatic rings. The number of H-pyrrole nitrogens is 1. The molecule has 5 nitrogen and oxygen atoms in total. The molecular weight excluding hydrogens is 330 g/mol. The number of ether oxygens (including phenoxy) is 2. The van der Waals surface area contributed by atoms with Crippen LogP contribution < -0.4 is 4.74 Å². The maximum Gasteiger partial charge on any atom is 0.344 e. The van der Waals surface area contributed by atoms with E-state index >= 15 is 0 Å². The van der Waals surface area contributed by atoms with Crippen LogP contribution in [0.25, 0.3) is 10.9 Å². The van der Waals surface area contributed by atoms with Crippen molar-refractivity contribution in [2.24, 2.45) is 0 Å². The summed E-state index contributed by atoms with van der Waals surface area (Å²) in [5.41, 5.74) is 3.44. The molecule has 0 spiro atoms. The van der Waals surface area contributed by atoms with Gasteiger partial charge in [0.05, 0.1) is 0 Å². The third-order valence-electron chi connectivity index (χ3n) is 4.21. The van der Waals surface area contributed by atoms with Crippen LogP contribution in [0.2, 0.25) is 0 Å². The Balaban J connectivity index is 1.61. The fraction of sp³-hybridized carbons (Fsp3) is 0.238. The smallest absolute Gasteiger partial charge is 0.344 e. The van der Waals surface area contributed by atoms with Crippen molar-refractivity contribution in [2.75, 3.05) is 6.61 Å². The van der Waals surface area contributed by atoms with Crippen molar-refractivity contribution in [1.82, 2.24) is 4.98 Å². The second-order valence-corrected chi connectivity index (χ2v) is 6.30. The lowest BCUT2D eigenvalue weighted by Gasteiger charge is -2.13. The van der Waals surface area contributed by atoms with Crippen LogP contribution in [0.5, 0.6) is 5.75 Å². The molecule has 3 rings (SSSR count). The first kappa shape index (κ1) is 17.7. The molecule has 0 radical (unpaired) electrons. The predicted molar refractivity (Wildman–Crippen MR) is 99.6 cm³/mol. The van der Waals surface area contributed by atoms with Gasteiger partial charge in [0.15, 0.2) is 12.7 Å². The molecule has 0 aliphatic rings. The van der Waals surface area contributed by atoms with Gasteiger partial charge in [0.25, 0.3) is 0 Å². The topological polar surface area (TPSA) is 68.4 Å². The van der Waals surface area contributed by atoms with E-state index in [2.05, 4.69) is 4.98 Å². The lowest BCUT2D eigenvalue weighted by molar-refractivity contribution is -0.148. The van der Waals surface area contributed by atoms with Crippen molar-refractivity contribution >= 4 is 22.7 Å².